The summed E-state index contributed by atoms with van der Waals surface area (Å²) in [5.74, 6) is 1.81. The maximum atomic E-state index is 4.60. The van der Waals surface area contributed by atoms with Crippen molar-refractivity contribution >= 4 is 61.6 Å². The minimum Gasteiger partial charge on any atom is -0.491 e. The lowest BCUT2D eigenvalue weighted by Crippen LogP contribution is -1.85. The molecule has 0 amide bonds. The Bertz CT molecular complexity index is 126. The van der Waals surface area contributed by atoms with E-state index in [0.717, 1.165) is 0 Å². The fraction of sp³-hybridized carbons (Fsp3) is 0.750. The van der Waals surface area contributed by atoms with Gasteiger partial charge in [0.05, 0.1) is 14.2 Å². The number of hydrogen-bond donors (Lipinski definition) is 0. The van der Waals surface area contributed by atoms with Gasteiger partial charge in [0.15, 0.2) is 5.05 Å². The zero-order valence-electron chi connectivity index (χ0n) is 8.42. The van der Waals surface area contributed by atoms with Crippen molar-refractivity contribution in [3.63, 3.8) is 0 Å². The maximum absolute atomic E-state index is 4.60. The molecule has 2 nitrogen and oxygen atoms in total. The molecule has 6 heteroatoms. The highest BCUT2D eigenvalue weighted by atomic mass is 79.9. The maximum Gasteiger partial charge on any atom is 0.219 e. The van der Waals surface area contributed by atoms with Crippen molar-refractivity contribution in [3.05, 3.63) is 0 Å². The van der Waals surface area contributed by atoms with Gasteiger partial charge in [0.25, 0.3) is 0 Å². The van der Waals surface area contributed by atoms with Crippen LogP contribution in [-0.2, 0) is 9.47 Å². The van der Waals surface area contributed by atoms with E-state index in [4.69, 9.17) is 0 Å². The predicted octanol–water partition coefficient (Wildman–Crippen LogP) is 3.91. The largest absolute Gasteiger partial charge is 0.491 e. The molecule has 0 rings (SSSR count). The Labute approximate surface area is 111 Å². The quantitative estimate of drug-likeness (QED) is 0.495. The van der Waals surface area contributed by atoms with Gasteiger partial charge in [-0.1, -0.05) is 35.1 Å². The molecule has 0 aromatic rings. The highest BCUT2D eigenvalue weighted by Gasteiger charge is 1.82. The lowest BCUT2D eigenvalue weighted by Gasteiger charge is -1.90. The highest BCUT2D eigenvalue weighted by Crippen LogP contribution is 1.95. The van der Waals surface area contributed by atoms with Crippen LogP contribution in [0.5, 0.6) is 0 Å². The highest BCUT2D eigenvalue weighted by molar-refractivity contribution is 9.08. The van der Waals surface area contributed by atoms with Gasteiger partial charge >= 0.3 is 0 Å². The van der Waals surface area contributed by atoms with E-state index in [1.54, 1.807) is 21.1 Å². The van der Waals surface area contributed by atoms with Gasteiger partial charge in [-0.15, -0.1) is 0 Å². The van der Waals surface area contributed by atoms with Crippen molar-refractivity contribution in [2.45, 2.75) is 14.4 Å². The van der Waals surface area contributed by atoms with E-state index in [9.17, 15) is 0 Å². The Morgan fingerprint density at radius 2 is 1.43 bits per heavy atom. The van der Waals surface area contributed by atoms with Crippen LogP contribution in [0.3, 0.4) is 0 Å². The van der Waals surface area contributed by atoms with Gasteiger partial charge in [-0.3, -0.25) is 0 Å². The molecule has 0 heterocycles. The number of rotatable bonds is 0. The summed E-state index contributed by atoms with van der Waals surface area (Å²) < 4.78 is 9.67. The van der Waals surface area contributed by atoms with Crippen LogP contribution in [-0.4, -0.2) is 35.7 Å². The molecule has 88 valence electrons. The summed E-state index contributed by atoms with van der Waals surface area (Å²) >= 11 is 13.4. The van der Waals surface area contributed by atoms with E-state index in [0.29, 0.717) is 9.43 Å². The molecule has 0 aromatic carbocycles. The molecule has 0 atom stereocenters. The van der Waals surface area contributed by atoms with Crippen LogP contribution >= 0.6 is 52.1 Å². The summed E-state index contributed by atoms with van der Waals surface area (Å²) in [5, 5.41) is 0.588. The molecule has 0 fully saturated rings. The van der Waals surface area contributed by atoms with Crippen LogP contribution in [0.15, 0.2) is 0 Å². The van der Waals surface area contributed by atoms with E-state index in [1.165, 1.54) is 11.8 Å². The van der Waals surface area contributed by atoms with Crippen molar-refractivity contribution in [1.82, 2.24) is 0 Å². The smallest absolute Gasteiger partial charge is 0.219 e. The van der Waals surface area contributed by atoms with Gasteiger partial charge in [-0.25, -0.2) is 0 Å². The third kappa shape index (κ3) is 38.9. The Kier molecular flexibility index (Phi) is 40.2. The van der Waals surface area contributed by atoms with E-state index in [-0.39, 0.29) is 7.43 Å². The van der Waals surface area contributed by atoms with Gasteiger partial charge in [-0.2, -0.15) is 0 Å². The third-order valence-corrected chi connectivity index (χ3v) is 1.95. The van der Waals surface area contributed by atoms with Crippen LogP contribution in [0.2, 0.25) is 0 Å². The number of thioether (sulfide) groups is 1. The van der Waals surface area contributed by atoms with Crippen LogP contribution in [0.4, 0.5) is 0 Å². The zero-order chi connectivity index (χ0) is 11.3. The first-order chi connectivity index (χ1) is 6.08. The van der Waals surface area contributed by atoms with Gasteiger partial charge in [0, 0.05) is 6.92 Å². The van der Waals surface area contributed by atoms with Gasteiger partial charge < -0.3 is 9.47 Å². The molecule has 0 aliphatic carbocycles. The fourth-order valence-electron chi connectivity index (χ4n) is 0.0833. The normalized spacial score (nSPS) is 6.14. The summed E-state index contributed by atoms with van der Waals surface area (Å²) in [6.45, 7) is 1.73. The van der Waals surface area contributed by atoms with E-state index in [2.05, 4.69) is 49.8 Å². The van der Waals surface area contributed by atoms with E-state index in [1.807, 2.05) is 12.1 Å². The summed E-state index contributed by atoms with van der Waals surface area (Å²) in [7, 11) is 3.13. The Morgan fingerprint density at radius 1 is 1.14 bits per heavy atom. The predicted molar refractivity (Wildman–Crippen MR) is 80.0 cm³/mol. The molecule has 0 spiro atoms. The average molecular weight is 323 g/mol. The number of thiocarbonyl (C=S) groups is 2. The summed E-state index contributed by atoms with van der Waals surface area (Å²) in [6, 6.07) is 0. The SMILES string of the molecule is C.CBr.COC(=S)SC.COC(C)=S. The average Bonchev–Trinajstić information content (AvgIpc) is 2.20. The molecule has 0 saturated heterocycles. The Balaban J connectivity index is -0.0000000576. The van der Waals surface area contributed by atoms with Crippen molar-refractivity contribution in [2.24, 2.45) is 0 Å². The van der Waals surface area contributed by atoms with Gasteiger partial charge in [0.1, 0.15) is 0 Å². The molecule has 0 unspecified atom stereocenters. The number of halogens is 1. The van der Waals surface area contributed by atoms with Crippen LogP contribution in [0.1, 0.15) is 14.4 Å². The van der Waals surface area contributed by atoms with Crippen LogP contribution in [0.25, 0.3) is 0 Å². The number of hydrogen-bond acceptors (Lipinski definition) is 5. The summed E-state index contributed by atoms with van der Waals surface area (Å²) in [6.07, 6.45) is 1.88. The van der Waals surface area contributed by atoms with E-state index < -0.39 is 0 Å². The molecule has 0 N–H and O–H groups in total. The number of alkyl halides is 1. The fourth-order valence-corrected chi connectivity index (χ4v) is 0.250. The monoisotopic (exact) mass is 322 g/mol. The second kappa shape index (κ2) is 23.4. The first-order valence-electron chi connectivity index (χ1n) is 3.12. The molecule has 0 saturated carbocycles. The summed E-state index contributed by atoms with van der Waals surface area (Å²) in [5.41, 5.74) is 0. The molecule has 14 heavy (non-hydrogen) atoms. The molecule has 0 radical (unpaired) electrons. The van der Waals surface area contributed by atoms with Crippen molar-refractivity contribution in [3.8, 4) is 0 Å². The molecular weight excluding hydrogens is 304 g/mol. The van der Waals surface area contributed by atoms with Crippen molar-refractivity contribution < 1.29 is 9.47 Å². The lowest BCUT2D eigenvalue weighted by molar-refractivity contribution is 0.411. The number of methoxy groups -OCH3 is 2. The molecule has 0 aromatic heterocycles. The lowest BCUT2D eigenvalue weighted by atomic mass is 10.9. The Morgan fingerprint density at radius 3 is 1.43 bits per heavy atom. The minimum absolute atomic E-state index is 0. The minimum atomic E-state index is 0. The van der Waals surface area contributed by atoms with E-state index >= 15 is 0 Å². The standard InChI is InChI=1S/C3H6OS2.C3H6OS.CH3Br.CH4/c1-4-3(5)6-2;1-3(5)4-2;1-2;/h1-2H3;1-2H3;1H3;1H4. The molecule has 0 aliphatic rings. The first-order valence-corrected chi connectivity index (χ1v) is 6.75. The molecule has 0 aliphatic heterocycles. The van der Waals surface area contributed by atoms with Crippen molar-refractivity contribution in [1.29, 1.82) is 0 Å². The number of ether oxygens (including phenoxy) is 2. The van der Waals surface area contributed by atoms with Gasteiger partial charge in [-0.05, 0) is 36.5 Å². The first kappa shape index (κ1) is 24.0. The van der Waals surface area contributed by atoms with Crippen LogP contribution < -0.4 is 0 Å². The van der Waals surface area contributed by atoms with Crippen LogP contribution in [0, 0.1) is 0 Å². The van der Waals surface area contributed by atoms with Crippen molar-refractivity contribution in [2.75, 3.05) is 26.3 Å². The third-order valence-electron chi connectivity index (χ3n) is 0.621. The second-order valence-electron chi connectivity index (χ2n) is 1.35. The molecular formula is C8H19BrO2S3. The Hall–Kier alpha value is 0.610. The topological polar surface area (TPSA) is 18.5 Å². The second-order valence-corrected chi connectivity index (χ2v) is 3.34. The summed E-state index contributed by atoms with van der Waals surface area (Å²) in [4.78, 5) is 0. The van der Waals surface area contributed by atoms with Gasteiger partial charge in [0.2, 0.25) is 4.38 Å². The molecule has 0 bridgehead atoms. The zero-order valence-corrected chi connectivity index (χ0v) is 12.5.